The molecule has 178 valence electrons. The van der Waals surface area contributed by atoms with Crippen molar-refractivity contribution in [2.75, 3.05) is 36.0 Å². The van der Waals surface area contributed by atoms with Gasteiger partial charge in [0.2, 0.25) is 5.91 Å². The summed E-state index contributed by atoms with van der Waals surface area (Å²) in [5.74, 6) is -0.386. The van der Waals surface area contributed by atoms with Gasteiger partial charge in [0.05, 0.1) is 23.1 Å². The Kier molecular flexibility index (Phi) is 6.95. The second kappa shape index (κ2) is 9.44. The van der Waals surface area contributed by atoms with Crippen molar-refractivity contribution in [2.45, 2.75) is 25.1 Å². The summed E-state index contributed by atoms with van der Waals surface area (Å²) < 4.78 is 64.1. The van der Waals surface area contributed by atoms with Crippen LogP contribution in [0.5, 0.6) is 0 Å². The third-order valence-electron chi connectivity index (χ3n) is 6.37. The zero-order valence-electron chi connectivity index (χ0n) is 17.8. The Morgan fingerprint density at radius 3 is 2.30 bits per heavy atom. The van der Waals surface area contributed by atoms with Crippen molar-refractivity contribution in [2.24, 2.45) is 5.92 Å². The van der Waals surface area contributed by atoms with E-state index in [1.165, 1.54) is 12.1 Å². The van der Waals surface area contributed by atoms with Crippen LogP contribution < -0.4 is 4.90 Å². The Balaban J connectivity index is 1.60. The Morgan fingerprint density at radius 1 is 1.00 bits per heavy atom. The second-order valence-corrected chi connectivity index (χ2v) is 12.0. The standard InChI is InChI=1S/C23H24F3IN2O3S/c24-23(25,26)19-14-18(6-7-20(19)27)28-10-11-29(21(15-28)16-4-2-1-3-5-16)22(30)17-8-12-33(31,32)13-9-17/h1-7,14,17,21H,8-13,15H2. The van der Waals surface area contributed by atoms with Gasteiger partial charge in [-0.15, -0.1) is 0 Å². The minimum Gasteiger partial charge on any atom is -0.367 e. The first-order valence-corrected chi connectivity index (χ1v) is 13.6. The number of piperazine rings is 1. The van der Waals surface area contributed by atoms with E-state index < -0.39 is 21.6 Å². The molecule has 1 atom stereocenters. The molecule has 2 heterocycles. The molecule has 0 bridgehead atoms. The summed E-state index contributed by atoms with van der Waals surface area (Å²) in [6, 6.07) is 13.4. The van der Waals surface area contributed by atoms with Gasteiger partial charge in [-0.1, -0.05) is 30.3 Å². The number of benzene rings is 2. The van der Waals surface area contributed by atoms with Crippen molar-refractivity contribution in [3.8, 4) is 0 Å². The molecule has 33 heavy (non-hydrogen) atoms. The predicted molar refractivity (Wildman–Crippen MR) is 129 cm³/mol. The molecular weight excluding hydrogens is 568 g/mol. The Bertz CT molecular complexity index is 1110. The lowest BCUT2D eigenvalue weighted by atomic mass is 9.96. The average Bonchev–Trinajstić information content (AvgIpc) is 2.78. The highest BCUT2D eigenvalue weighted by Gasteiger charge is 2.38. The van der Waals surface area contributed by atoms with E-state index in [1.54, 1.807) is 33.6 Å². The fourth-order valence-electron chi connectivity index (χ4n) is 4.54. The van der Waals surface area contributed by atoms with Gasteiger partial charge in [-0.3, -0.25) is 4.79 Å². The fraction of sp³-hybridized carbons (Fsp3) is 0.435. The van der Waals surface area contributed by atoms with E-state index in [4.69, 9.17) is 0 Å². The van der Waals surface area contributed by atoms with Gasteiger partial charge in [0.1, 0.15) is 9.84 Å². The summed E-state index contributed by atoms with van der Waals surface area (Å²) in [7, 11) is -3.08. The van der Waals surface area contributed by atoms with Crippen molar-refractivity contribution in [3.05, 3.63) is 63.2 Å². The van der Waals surface area contributed by atoms with Crippen LogP contribution in [0.3, 0.4) is 0 Å². The van der Waals surface area contributed by atoms with E-state index in [9.17, 15) is 26.4 Å². The first-order valence-electron chi connectivity index (χ1n) is 10.7. The molecule has 2 aromatic carbocycles. The van der Waals surface area contributed by atoms with Crippen LogP contribution in [-0.4, -0.2) is 50.4 Å². The molecule has 0 saturated carbocycles. The largest absolute Gasteiger partial charge is 0.417 e. The molecule has 2 aliphatic heterocycles. The molecule has 0 aliphatic carbocycles. The topological polar surface area (TPSA) is 57.7 Å². The number of rotatable bonds is 3. The van der Waals surface area contributed by atoms with Gasteiger partial charge in [-0.25, -0.2) is 8.42 Å². The predicted octanol–water partition coefficient (Wildman–Crippen LogP) is 4.52. The number of alkyl halides is 3. The molecule has 2 fully saturated rings. The SMILES string of the molecule is O=C(C1CCS(=O)(=O)CC1)N1CCN(c2ccc(I)c(C(F)(F)F)c2)CC1c1ccccc1. The Hall–Kier alpha value is -1.82. The molecule has 2 saturated heterocycles. The minimum absolute atomic E-state index is 0.0161. The minimum atomic E-state index is -4.44. The van der Waals surface area contributed by atoms with Crippen molar-refractivity contribution >= 4 is 44.0 Å². The average molecular weight is 592 g/mol. The van der Waals surface area contributed by atoms with Crippen LogP contribution in [-0.2, 0) is 20.8 Å². The third-order valence-corrected chi connectivity index (χ3v) is 9.03. The second-order valence-electron chi connectivity index (χ2n) is 8.49. The number of hydrogen-bond donors (Lipinski definition) is 0. The summed E-state index contributed by atoms with van der Waals surface area (Å²) in [6.07, 6.45) is -3.81. The number of sulfone groups is 1. The summed E-state index contributed by atoms with van der Waals surface area (Å²) in [4.78, 5) is 17.1. The molecule has 2 aliphatic rings. The third kappa shape index (κ3) is 5.47. The van der Waals surface area contributed by atoms with Crippen LogP contribution in [0, 0.1) is 9.49 Å². The molecule has 1 unspecified atom stereocenters. The lowest BCUT2D eigenvalue weighted by molar-refractivity contribution is -0.139. The summed E-state index contributed by atoms with van der Waals surface area (Å²) in [5, 5.41) is 0. The smallest absolute Gasteiger partial charge is 0.367 e. The van der Waals surface area contributed by atoms with Crippen LogP contribution in [0.2, 0.25) is 0 Å². The molecule has 0 radical (unpaired) electrons. The number of carbonyl (C=O) groups excluding carboxylic acids is 1. The van der Waals surface area contributed by atoms with Crippen molar-refractivity contribution < 1.29 is 26.4 Å². The highest BCUT2D eigenvalue weighted by Crippen LogP contribution is 2.37. The zero-order valence-corrected chi connectivity index (χ0v) is 20.7. The number of halogens is 4. The van der Waals surface area contributed by atoms with Gasteiger partial charge in [0.15, 0.2) is 0 Å². The lowest BCUT2D eigenvalue weighted by Crippen LogP contribution is -2.53. The summed E-state index contributed by atoms with van der Waals surface area (Å²) in [5.41, 5.74) is 0.707. The maximum atomic E-state index is 13.4. The number of amides is 1. The molecule has 0 aromatic heterocycles. The first-order chi connectivity index (χ1) is 15.5. The maximum absolute atomic E-state index is 13.4. The molecule has 10 heteroatoms. The quantitative estimate of drug-likeness (QED) is 0.492. The molecule has 2 aromatic rings. The van der Waals surface area contributed by atoms with Crippen LogP contribution in [0.4, 0.5) is 18.9 Å². The van der Waals surface area contributed by atoms with E-state index in [2.05, 4.69) is 0 Å². The molecule has 0 spiro atoms. The molecule has 0 N–H and O–H groups in total. The van der Waals surface area contributed by atoms with Gasteiger partial charge in [-0.2, -0.15) is 13.2 Å². The van der Waals surface area contributed by atoms with Gasteiger partial charge in [-0.05, 0) is 59.2 Å². The van der Waals surface area contributed by atoms with Crippen molar-refractivity contribution in [1.82, 2.24) is 4.90 Å². The van der Waals surface area contributed by atoms with Crippen LogP contribution >= 0.6 is 22.6 Å². The molecular formula is C23H24F3IN2O3S. The van der Waals surface area contributed by atoms with E-state index in [1.807, 2.05) is 35.2 Å². The first kappa shape index (κ1) is 24.3. The fourth-order valence-corrected chi connectivity index (χ4v) is 6.67. The summed E-state index contributed by atoms with van der Waals surface area (Å²) in [6.45, 7) is 1.12. The number of hydrogen-bond acceptors (Lipinski definition) is 4. The monoisotopic (exact) mass is 592 g/mol. The van der Waals surface area contributed by atoms with E-state index >= 15 is 0 Å². The van der Waals surface area contributed by atoms with E-state index in [0.29, 0.717) is 38.2 Å². The lowest BCUT2D eigenvalue weighted by Gasteiger charge is -2.44. The van der Waals surface area contributed by atoms with Crippen LogP contribution in [0.15, 0.2) is 48.5 Å². The molecule has 4 rings (SSSR count). The Labute approximate surface area is 205 Å². The number of anilines is 1. The van der Waals surface area contributed by atoms with Crippen molar-refractivity contribution in [3.63, 3.8) is 0 Å². The number of nitrogens with zero attached hydrogens (tertiary/aromatic N) is 2. The van der Waals surface area contributed by atoms with Crippen LogP contribution in [0.25, 0.3) is 0 Å². The van der Waals surface area contributed by atoms with Gasteiger partial charge < -0.3 is 9.80 Å². The normalized spacial score (nSPS) is 21.8. The zero-order chi connectivity index (χ0) is 23.8. The maximum Gasteiger partial charge on any atom is 0.417 e. The Morgan fingerprint density at radius 2 is 1.67 bits per heavy atom. The highest BCUT2D eigenvalue weighted by molar-refractivity contribution is 14.1. The molecule has 5 nitrogen and oxygen atoms in total. The van der Waals surface area contributed by atoms with Gasteiger partial charge >= 0.3 is 6.18 Å². The van der Waals surface area contributed by atoms with E-state index in [-0.39, 0.29) is 32.9 Å². The van der Waals surface area contributed by atoms with Gasteiger partial charge in [0, 0.05) is 34.8 Å². The van der Waals surface area contributed by atoms with Crippen LogP contribution in [0.1, 0.15) is 30.0 Å². The molecule has 1 amide bonds. The number of carbonyl (C=O) groups is 1. The van der Waals surface area contributed by atoms with E-state index in [0.717, 1.165) is 5.56 Å². The highest BCUT2D eigenvalue weighted by atomic mass is 127. The summed E-state index contributed by atoms with van der Waals surface area (Å²) >= 11 is 1.69. The van der Waals surface area contributed by atoms with Crippen molar-refractivity contribution in [1.29, 1.82) is 0 Å². The van der Waals surface area contributed by atoms with Gasteiger partial charge in [0.25, 0.3) is 0 Å².